The number of hydrogen-bond donors (Lipinski definition) is 1. The predicted octanol–water partition coefficient (Wildman–Crippen LogP) is 3.67. The van der Waals surface area contributed by atoms with E-state index in [-0.39, 0.29) is 16.5 Å². The molecule has 0 aromatic rings. The van der Waals surface area contributed by atoms with E-state index in [1.807, 2.05) is 37.4 Å². The lowest BCUT2D eigenvalue weighted by Gasteiger charge is -2.39. The first-order valence-electron chi connectivity index (χ1n) is 7.46. The summed E-state index contributed by atoms with van der Waals surface area (Å²) >= 11 is 3.91. The summed E-state index contributed by atoms with van der Waals surface area (Å²) in [5.41, 5.74) is 0. The van der Waals surface area contributed by atoms with Crippen molar-refractivity contribution in [1.29, 1.82) is 0 Å². The van der Waals surface area contributed by atoms with E-state index in [2.05, 4.69) is 6.58 Å². The van der Waals surface area contributed by atoms with Crippen molar-refractivity contribution in [2.45, 2.75) is 56.0 Å². The highest BCUT2D eigenvalue weighted by molar-refractivity contribution is 8.18. The van der Waals surface area contributed by atoms with Gasteiger partial charge in [0.25, 0.3) is 0 Å². The molecule has 0 saturated carbocycles. The van der Waals surface area contributed by atoms with Crippen molar-refractivity contribution in [1.82, 2.24) is 0 Å². The Balaban J connectivity index is 2.67. The number of ether oxygens (including phenoxy) is 2. The molecule has 1 N–H and O–H groups in total. The molecule has 1 atom stereocenters. The molecule has 1 saturated heterocycles. The molecule has 1 aliphatic rings. The van der Waals surface area contributed by atoms with Gasteiger partial charge in [0.1, 0.15) is 0 Å². The standard InChI is InChI=1S/C15H28O3S2/c1-4-8-13(16)11-15(19-9-7-10-20-15)12-14(17-5-2)18-6-3/h4,13-14,16H,1,5-12H2,2-3H3/t13-/m0/s1. The zero-order valence-corrected chi connectivity index (χ0v) is 14.3. The highest BCUT2D eigenvalue weighted by Gasteiger charge is 2.38. The van der Waals surface area contributed by atoms with Crippen LogP contribution in [0.5, 0.6) is 0 Å². The zero-order chi connectivity index (χ0) is 14.8. The van der Waals surface area contributed by atoms with Crippen molar-refractivity contribution in [2.24, 2.45) is 0 Å². The first-order valence-corrected chi connectivity index (χ1v) is 9.43. The summed E-state index contributed by atoms with van der Waals surface area (Å²) in [6.45, 7) is 9.01. The monoisotopic (exact) mass is 320 g/mol. The Labute approximate surface area is 131 Å². The van der Waals surface area contributed by atoms with Crippen LogP contribution in [0.25, 0.3) is 0 Å². The van der Waals surface area contributed by atoms with E-state index in [0.717, 1.165) is 24.3 Å². The Kier molecular flexibility index (Phi) is 9.29. The maximum Gasteiger partial charge on any atom is 0.159 e. The molecule has 0 radical (unpaired) electrons. The van der Waals surface area contributed by atoms with Gasteiger partial charge in [-0.15, -0.1) is 30.1 Å². The SMILES string of the molecule is C=CC[C@H](O)CC1(CC(OCC)OCC)SCCCS1. The quantitative estimate of drug-likeness (QED) is 0.491. The number of thioether (sulfide) groups is 2. The van der Waals surface area contributed by atoms with Crippen LogP contribution in [-0.4, -0.2) is 46.3 Å². The lowest BCUT2D eigenvalue weighted by molar-refractivity contribution is -0.141. The van der Waals surface area contributed by atoms with Gasteiger partial charge in [0.05, 0.1) is 10.2 Å². The number of rotatable bonds is 10. The number of aliphatic hydroxyl groups excluding tert-OH is 1. The van der Waals surface area contributed by atoms with Crippen LogP contribution >= 0.6 is 23.5 Å². The van der Waals surface area contributed by atoms with E-state index in [1.54, 1.807) is 6.08 Å². The molecule has 0 unspecified atom stereocenters. The van der Waals surface area contributed by atoms with Gasteiger partial charge in [-0.2, -0.15) is 0 Å². The molecule has 1 aliphatic heterocycles. The van der Waals surface area contributed by atoms with Gasteiger partial charge in [0.15, 0.2) is 6.29 Å². The summed E-state index contributed by atoms with van der Waals surface area (Å²) in [6, 6.07) is 0. The van der Waals surface area contributed by atoms with Gasteiger partial charge in [-0.3, -0.25) is 0 Å². The van der Waals surface area contributed by atoms with Crippen molar-refractivity contribution >= 4 is 23.5 Å². The van der Waals surface area contributed by atoms with Crippen LogP contribution in [0.15, 0.2) is 12.7 Å². The first kappa shape index (κ1) is 18.4. The average Bonchev–Trinajstić information content (AvgIpc) is 2.40. The summed E-state index contributed by atoms with van der Waals surface area (Å²) in [6.07, 6.45) is 4.79. The van der Waals surface area contributed by atoms with Crippen LogP contribution in [0.2, 0.25) is 0 Å². The minimum Gasteiger partial charge on any atom is -0.393 e. The van der Waals surface area contributed by atoms with Crippen LogP contribution in [0.3, 0.4) is 0 Å². The second-order valence-electron chi connectivity index (χ2n) is 4.89. The topological polar surface area (TPSA) is 38.7 Å². The normalized spacial score (nSPS) is 20.0. The minimum atomic E-state index is -0.325. The molecule has 0 aliphatic carbocycles. The maximum atomic E-state index is 10.2. The highest BCUT2D eigenvalue weighted by atomic mass is 32.2. The van der Waals surface area contributed by atoms with E-state index in [4.69, 9.17) is 9.47 Å². The average molecular weight is 321 g/mol. The van der Waals surface area contributed by atoms with Gasteiger partial charge >= 0.3 is 0 Å². The first-order chi connectivity index (χ1) is 9.65. The molecule has 5 heteroatoms. The molecule has 0 spiro atoms. The molecular formula is C15H28O3S2. The zero-order valence-electron chi connectivity index (χ0n) is 12.7. The maximum absolute atomic E-state index is 10.2. The summed E-state index contributed by atoms with van der Waals surface area (Å²) in [5, 5.41) is 10.2. The molecule has 3 nitrogen and oxygen atoms in total. The van der Waals surface area contributed by atoms with Crippen LogP contribution in [0, 0.1) is 0 Å². The molecule has 0 amide bonds. The third-order valence-corrected chi connectivity index (χ3v) is 6.60. The molecule has 0 bridgehead atoms. The Hall–Kier alpha value is 0.320. The van der Waals surface area contributed by atoms with E-state index >= 15 is 0 Å². The fourth-order valence-electron chi connectivity index (χ4n) is 2.36. The van der Waals surface area contributed by atoms with Gasteiger partial charge in [-0.25, -0.2) is 0 Å². The molecule has 1 rings (SSSR count). The van der Waals surface area contributed by atoms with E-state index in [1.165, 1.54) is 6.42 Å². The van der Waals surface area contributed by atoms with Gasteiger partial charge < -0.3 is 14.6 Å². The van der Waals surface area contributed by atoms with Gasteiger partial charge in [-0.05, 0) is 44.6 Å². The van der Waals surface area contributed by atoms with Gasteiger partial charge in [0, 0.05) is 19.6 Å². The Bertz CT molecular complexity index is 262. The van der Waals surface area contributed by atoms with Crippen LogP contribution in [0.1, 0.15) is 39.5 Å². The smallest absolute Gasteiger partial charge is 0.159 e. The summed E-state index contributed by atoms with van der Waals surface area (Å²) in [7, 11) is 0. The third-order valence-electron chi connectivity index (χ3n) is 3.19. The van der Waals surface area contributed by atoms with Gasteiger partial charge in [-0.1, -0.05) is 6.08 Å². The molecule has 118 valence electrons. The molecule has 1 heterocycles. The minimum absolute atomic E-state index is 0.00961. The van der Waals surface area contributed by atoms with Crippen LogP contribution in [-0.2, 0) is 9.47 Å². The van der Waals surface area contributed by atoms with E-state index in [9.17, 15) is 5.11 Å². The van der Waals surface area contributed by atoms with Crippen molar-refractivity contribution in [3.63, 3.8) is 0 Å². The van der Waals surface area contributed by atoms with Crippen molar-refractivity contribution in [2.75, 3.05) is 24.7 Å². The molecule has 0 aromatic carbocycles. The van der Waals surface area contributed by atoms with Crippen LogP contribution < -0.4 is 0 Å². The molecule has 0 aromatic heterocycles. The summed E-state index contributed by atoms with van der Waals surface area (Å²) in [4.78, 5) is 0. The second-order valence-corrected chi connectivity index (χ2v) is 8.10. The lowest BCUT2D eigenvalue weighted by Crippen LogP contribution is -2.36. The van der Waals surface area contributed by atoms with Crippen molar-refractivity contribution in [3.8, 4) is 0 Å². The highest BCUT2D eigenvalue weighted by Crippen LogP contribution is 2.49. The molecule has 20 heavy (non-hydrogen) atoms. The van der Waals surface area contributed by atoms with Gasteiger partial charge in [0.2, 0.25) is 0 Å². The lowest BCUT2D eigenvalue weighted by atomic mass is 10.1. The van der Waals surface area contributed by atoms with Crippen molar-refractivity contribution in [3.05, 3.63) is 12.7 Å². The summed E-state index contributed by atoms with van der Waals surface area (Å²) in [5.74, 6) is 2.30. The molecule has 1 fully saturated rings. The van der Waals surface area contributed by atoms with E-state index < -0.39 is 0 Å². The molecular weight excluding hydrogens is 292 g/mol. The fraction of sp³-hybridized carbons (Fsp3) is 0.867. The number of aliphatic hydroxyl groups is 1. The van der Waals surface area contributed by atoms with Crippen molar-refractivity contribution < 1.29 is 14.6 Å². The third kappa shape index (κ3) is 6.39. The fourth-order valence-corrected chi connectivity index (χ4v) is 5.83. The largest absolute Gasteiger partial charge is 0.393 e. The summed E-state index contributed by atoms with van der Waals surface area (Å²) < 4.78 is 11.4. The Morgan fingerprint density at radius 3 is 2.30 bits per heavy atom. The Morgan fingerprint density at radius 1 is 1.20 bits per heavy atom. The predicted molar refractivity (Wildman–Crippen MR) is 89.4 cm³/mol. The Morgan fingerprint density at radius 2 is 1.80 bits per heavy atom. The second kappa shape index (κ2) is 10.1. The van der Waals surface area contributed by atoms with E-state index in [0.29, 0.717) is 19.6 Å². The number of hydrogen-bond acceptors (Lipinski definition) is 5. The van der Waals surface area contributed by atoms with Crippen LogP contribution in [0.4, 0.5) is 0 Å².